The zero-order chi connectivity index (χ0) is 20.9. The molecule has 4 rings (SSSR count). The van der Waals surface area contributed by atoms with Crippen molar-refractivity contribution in [1.29, 1.82) is 0 Å². The van der Waals surface area contributed by atoms with Crippen molar-refractivity contribution in [2.75, 3.05) is 0 Å². The molecule has 0 amide bonds. The van der Waals surface area contributed by atoms with E-state index in [-0.39, 0.29) is 13.2 Å². The fourth-order valence-corrected chi connectivity index (χ4v) is 2.72. The zero-order valence-corrected chi connectivity index (χ0v) is 16.5. The largest absolute Gasteiger partial charge is 0.485 e. The molecule has 8 heteroatoms. The molecule has 0 fully saturated rings. The van der Waals surface area contributed by atoms with E-state index in [0.29, 0.717) is 40.4 Å². The second kappa shape index (κ2) is 8.60. The molecule has 152 valence electrons. The number of rotatable bonds is 7. The maximum atomic E-state index is 12.3. The Labute approximate surface area is 172 Å². The summed E-state index contributed by atoms with van der Waals surface area (Å²) in [4.78, 5) is 20.8. The van der Waals surface area contributed by atoms with Crippen LogP contribution in [0.25, 0.3) is 11.5 Å². The van der Waals surface area contributed by atoms with Crippen molar-refractivity contribution in [3.8, 4) is 17.2 Å². The van der Waals surface area contributed by atoms with Gasteiger partial charge in [0.25, 0.3) is 0 Å². The van der Waals surface area contributed by atoms with E-state index in [1.807, 2.05) is 30.3 Å². The Morgan fingerprint density at radius 3 is 2.43 bits per heavy atom. The Balaban J connectivity index is 1.33. The van der Waals surface area contributed by atoms with Crippen LogP contribution in [0.5, 0.6) is 5.75 Å². The third kappa shape index (κ3) is 4.54. The number of hydrogen-bond donors (Lipinski definition) is 0. The lowest BCUT2D eigenvalue weighted by atomic mass is 10.2. The summed E-state index contributed by atoms with van der Waals surface area (Å²) in [6.07, 6.45) is 0. The van der Waals surface area contributed by atoms with Crippen LogP contribution < -0.4 is 4.74 Å². The van der Waals surface area contributed by atoms with E-state index in [9.17, 15) is 4.79 Å². The van der Waals surface area contributed by atoms with Gasteiger partial charge in [-0.3, -0.25) is 0 Å². The van der Waals surface area contributed by atoms with Crippen molar-refractivity contribution in [3.05, 3.63) is 83.3 Å². The molecular weight excluding hydrogens is 386 g/mol. The molecule has 4 aromatic rings. The Hall–Kier alpha value is -3.94. The Morgan fingerprint density at radius 2 is 1.73 bits per heavy atom. The Kier molecular flexibility index (Phi) is 5.56. The highest BCUT2D eigenvalue weighted by Gasteiger charge is 2.14. The zero-order valence-electron chi connectivity index (χ0n) is 16.5. The van der Waals surface area contributed by atoms with E-state index >= 15 is 0 Å². The number of benzene rings is 2. The summed E-state index contributed by atoms with van der Waals surface area (Å²) >= 11 is 0. The quantitative estimate of drug-likeness (QED) is 0.420. The molecule has 2 aromatic heterocycles. The Morgan fingerprint density at radius 1 is 0.967 bits per heavy atom. The Bertz CT molecular complexity index is 1130. The van der Waals surface area contributed by atoms with Gasteiger partial charge in [0.1, 0.15) is 23.8 Å². The third-order valence-electron chi connectivity index (χ3n) is 4.28. The number of hydrogen-bond acceptors (Lipinski definition) is 8. The van der Waals surface area contributed by atoms with Gasteiger partial charge in [-0.2, -0.15) is 4.98 Å². The molecule has 30 heavy (non-hydrogen) atoms. The average Bonchev–Trinajstić information content (AvgIpc) is 3.36. The molecule has 2 aromatic carbocycles. The first-order valence-electron chi connectivity index (χ1n) is 9.29. The topological polar surface area (TPSA) is 100 Å². The summed E-state index contributed by atoms with van der Waals surface area (Å²) in [6.45, 7) is 3.70. The number of ether oxygens (including phenoxy) is 2. The minimum Gasteiger partial charge on any atom is -0.485 e. The lowest BCUT2D eigenvalue weighted by Crippen LogP contribution is -2.06. The van der Waals surface area contributed by atoms with Gasteiger partial charge in [0.2, 0.25) is 17.6 Å². The van der Waals surface area contributed by atoms with Gasteiger partial charge < -0.3 is 18.4 Å². The van der Waals surface area contributed by atoms with Crippen molar-refractivity contribution in [3.63, 3.8) is 0 Å². The molecule has 0 spiro atoms. The predicted molar refractivity (Wildman–Crippen MR) is 106 cm³/mol. The summed E-state index contributed by atoms with van der Waals surface area (Å²) in [5, 5.41) is 3.76. The predicted octanol–water partition coefficient (Wildman–Crippen LogP) is 4.28. The third-order valence-corrected chi connectivity index (χ3v) is 4.28. The molecule has 2 heterocycles. The van der Waals surface area contributed by atoms with Crippen LogP contribution >= 0.6 is 0 Å². The summed E-state index contributed by atoms with van der Waals surface area (Å²) in [7, 11) is 0. The second-order valence-electron chi connectivity index (χ2n) is 6.51. The number of nitrogens with zero attached hydrogens (tertiary/aromatic N) is 3. The van der Waals surface area contributed by atoms with Gasteiger partial charge in [0.05, 0.1) is 5.56 Å². The lowest BCUT2D eigenvalue weighted by molar-refractivity contribution is 0.0467. The minimum absolute atomic E-state index is 0.0242. The number of carbonyl (C=O) groups is 1. The molecule has 0 bridgehead atoms. The number of oxazole rings is 1. The highest BCUT2D eigenvalue weighted by atomic mass is 16.5. The number of aromatic nitrogens is 3. The average molecular weight is 405 g/mol. The van der Waals surface area contributed by atoms with Crippen molar-refractivity contribution in [2.45, 2.75) is 27.1 Å². The molecule has 0 saturated heterocycles. The maximum absolute atomic E-state index is 12.3. The van der Waals surface area contributed by atoms with Crippen LogP contribution in [0.1, 0.15) is 33.5 Å². The molecule has 0 aliphatic heterocycles. The number of esters is 1. The highest BCUT2D eigenvalue weighted by Crippen LogP contribution is 2.22. The molecule has 0 aliphatic rings. The number of carbonyl (C=O) groups excluding carboxylic acids is 1. The van der Waals surface area contributed by atoms with E-state index in [1.165, 1.54) is 0 Å². The molecule has 0 N–H and O–H groups in total. The van der Waals surface area contributed by atoms with Crippen molar-refractivity contribution in [2.24, 2.45) is 0 Å². The first-order chi connectivity index (χ1) is 14.6. The molecule has 0 radical (unpaired) electrons. The molecule has 0 atom stereocenters. The van der Waals surface area contributed by atoms with Crippen molar-refractivity contribution in [1.82, 2.24) is 15.1 Å². The van der Waals surface area contributed by atoms with E-state index in [2.05, 4.69) is 15.1 Å². The molecule has 0 saturated carbocycles. The summed E-state index contributed by atoms with van der Waals surface area (Å²) < 4.78 is 21.5. The standard InChI is InChI=1S/C22H19N3O5/c1-14-19(24-21(29-14)16-6-4-3-5-7-16)12-28-22(26)17-8-10-18(11-9-17)27-13-20-23-15(2)30-25-20/h3-11H,12-13H2,1-2H3. The van der Waals surface area contributed by atoms with Crippen LogP contribution in [0.4, 0.5) is 0 Å². The molecular formula is C22H19N3O5. The van der Waals surface area contributed by atoms with Gasteiger partial charge in [0.15, 0.2) is 6.61 Å². The van der Waals surface area contributed by atoms with E-state index in [1.54, 1.807) is 38.1 Å². The minimum atomic E-state index is -0.459. The van der Waals surface area contributed by atoms with E-state index in [4.69, 9.17) is 18.4 Å². The van der Waals surface area contributed by atoms with Crippen molar-refractivity contribution >= 4 is 5.97 Å². The van der Waals surface area contributed by atoms with Gasteiger partial charge in [-0.05, 0) is 43.3 Å². The maximum Gasteiger partial charge on any atom is 0.338 e. The summed E-state index contributed by atoms with van der Waals surface area (Å²) in [5.74, 6) is 2.16. The fourth-order valence-electron chi connectivity index (χ4n) is 2.72. The van der Waals surface area contributed by atoms with E-state index < -0.39 is 5.97 Å². The summed E-state index contributed by atoms with van der Waals surface area (Å²) in [6, 6.07) is 16.2. The first-order valence-corrected chi connectivity index (χ1v) is 9.29. The highest BCUT2D eigenvalue weighted by molar-refractivity contribution is 5.89. The van der Waals surface area contributed by atoms with Crippen LogP contribution in [0.15, 0.2) is 63.5 Å². The first kappa shape index (κ1) is 19.4. The van der Waals surface area contributed by atoms with Gasteiger partial charge in [-0.15, -0.1) is 0 Å². The van der Waals surface area contributed by atoms with E-state index in [0.717, 1.165) is 5.56 Å². The monoisotopic (exact) mass is 405 g/mol. The number of aryl methyl sites for hydroxylation is 2. The van der Waals surface area contributed by atoms with Gasteiger partial charge in [-0.25, -0.2) is 9.78 Å². The van der Waals surface area contributed by atoms with Crippen LogP contribution in [0.2, 0.25) is 0 Å². The van der Waals surface area contributed by atoms with Crippen LogP contribution in [-0.2, 0) is 18.0 Å². The van der Waals surface area contributed by atoms with Crippen molar-refractivity contribution < 1.29 is 23.2 Å². The van der Waals surface area contributed by atoms with Crippen LogP contribution in [0.3, 0.4) is 0 Å². The summed E-state index contributed by atoms with van der Waals surface area (Å²) in [5.41, 5.74) is 1.85. The lowest BCUT2D eigenvalue weighted by Gasteiger charge is -2.06. The second-order valence-corrected chi connectivity index (χ2v) is 6.51. The van der Waals surface area contributed by atoms with Gasteiger partial charge in [0, 0.05) is 12.5 Å². The molecule has 0 aliphatic carbocycles. The molecule has 8 nitrogen and oxygen atoms in total. The van der Waals surface area contributed by atoms with Crippen LogP contribution in [0, 0.1) is 13.8 Å². The van der Waals surface area contributed by atoms with Crippen LogP contribution in [-0.4, -0.2) is 21.1 Å². The SMILES string of the molecule is Cc1nc(COc2ccc(C(=O)OCc3nc(-c4ccccc4)oc3C)cc2)no1. The van der Waals surface area contributed by atoms with Gasteiger partial charge in [-0.1, -0.05) is 23.4 Å². The van der Waals surface area contributed by atoms with Gasteiger partial charge >= 0.3 is 5.97 Å². The molecule has 0 unspecified atom stereocenters. The fraction of sp³-hybridized carbons (Fsp3) is 0.182. The normalized spacial score (nSPS) is 10.7. The smallest absolute Gasteiger partial charge is 0.338 e.